The molecule has 1 aliphatic carbocycles. The van der Waals surface area contributed by atoms with Gasteiger partial charge in [0.05, 0.1) is 29.6 Å². The molecule has 37 heavy (non-hydrogen) atoms. The van der Waals surface area contributed by atoms with Crippen molar-refractivity contribution in [2.45, 2.75) is 31.8 Å². The number of para-hydroxylation sites is 1. The van der Waals surface area contributed by atoms with Gasteiger partial charge in [-0.3, -0.25) is 14.6 Å². The van der Waals surface area contributed by atoms with Crippen LogP contribution in [0.15, 0.2) is 89.9 Å². The van der Waals surface area contributed by atoms with Crippen molar-refractivity contribution in [2.75, 3.05) is 7.11 Å². The second kappa shape index (κ2) is 9.54. The zero-order valence-electron chi connectivity index (χ0n) is 20.6. The van der Waals surface area contributed by atoms with E-state index >= 15 is 0 Å². The van der Waals surface area contributed by atoms with Crippen LogP contribution in [0.25, 0.3) is 21.7 Å². The van der Waals surface area contributed by atoms with Crippen LogP contribution in [0.2, 0.25) is 0 Å². The lowest BCUT2D eigenvalue weighted by Gasteiger charge is -2.17. The second-order valence-corrected chi connectivity index (χ2v) is 9.46. The molecule has 5 aromatic rings. The van der Waals surface area contributed by atoms with E-state index in [1.54, 1.807) is 36.1 Å². The van der Waals surface area contributed by atoms with Gasteiger partial charge in [0.2, 0.25) is 0 Å². The predicted octanol–water partition coefficient (Wildman–Crippen LogP) is 5.22. The largest absolute Gasteiger partial charge is 0.497 e. The van der Waals surface area contributed by atoms with Crippen LogP contribution in [0.4, 0.5) is 0 Å². The van der Waals surface area contributed by atoms with Gasteiger partial charge in [-0.25, -0.2) is 0 Å². The summed E-state index contributed by atoms with van der Waals surface area (Å²) >= 11 is 0. The van der Waals surface area contributed by atoms with Crippen LogP contribution in [-0.2, 0) is 19.4 Å². The van der Waals surface area contributed by atoms with E-state index in [0.717, 1.165) is 35.0 Å². The van der Waals surface area contributed by atoms with Crippen LogP contribution >= 0.6 is 0 Å². The molecule has 1 unspecified atom stereocenters. The third-order valence-electron chi connectivity index (χ3n) is 7.24. The number of benzene rings is 3. The number of amides is 1. The van der Waals surface area contributed by atoms with Crippen LogP contribution in [-0.4, -0.2) is 22.6 Å². The Morgan fingerprint density at radius 2 is 1.86 bits per heavy atom. The van der Waals surface area contributed by atoms with Gasteiger partial charge < -0.3 is 14.6 Å². The van der Waals surface area contributed by atoms with Gasteiger partial charge in [-0.05, 0) is 54.3 Å². The first kappa shape index (κ1) is 23.0. The molecule has 1 aliphatic rings. The molecule has 1 amide bonds. The highest BCUT2D eigenvalue weighted by Gasteiger charge is 2.25. The number of nitrogens with zero attached hydrogens (tertiary/aromatic N) is 2. The Hall–Kier alpha value is -4.45. The quantitative estimate of drug-likeness (QED) is 0.355. The lowest BCUT2D eigenvalue weighted by Crippen LogP contribution is -2.30. The van der Waals surface area contributed by atoms with Crippen molar-refractivity contribution in [2.24, 2.45) is 0 Å². The fourth-order valence-electron chi connectivity index (χ4n) is 5.27. The Bertz CT molecular complexity index is 1710. The highest BCUT2D eigenvalue weighted by molar-refractivity contribution is 6.07. The molecular weight excluding hydrogens is 462 g/mol. The number of nitrogens with one attached hydrogen (secondary N) is 1. The molecule has 0 radical (unpaired) electrons. The fraction of sp³-hybridized carbons (Fsp3) is 0.194. The summed E-state index contributed by atoms with van der Waals surface area (Å²) in [5, 5.41) is 5.38. The van der Waals surface area contributed by atoms with Gasteiger partial charge in [-0.1, -0.05) is 48.5 Å². The van der Waals surface area contributed by atoms with Gasteiger partial charge in [0, 0.05) is 35.6 Å². The first-order valence-corrected chi connectivity index (χ1v) is 12.6. The summed E-state index contributed by atoms with van der Waals surface area (Å²) in [5.41, 5.74) is 4.58. The van der Waals surface area contributed by atoms with E-state index in [1.807, 2.05) is 48.5 Å². The van der Waals surface area contributed by atoms with Crippen molar-refractivity contribution in [1.29, 1.82) is 0 Å². The molecule has 2 aromatic heterocycles. The monoisotopic (exact) mass is 489 g/mol. The number of pyridine rings is 2. The normalized spacial score (nSPS) is 14.6. The van der Waals surface area contributed by atoms with E-state index in [9.17, 15) is 9.59 Å². The molecule has 0 bridgehead atoms. The lowest BCUT2D eigenvalue weighted by atomic mass is 10.0. The minimum absolute atomic E-state index is 0.0424. The number of methoxy groups -OCH3 is 1. The lowest BCUT2D eigenvalue weighted by molar-refractivity contribution is 0.0937. The average Bonchev–Trinajstić information content (AvgIpc) is 3.35. The third-order valence-corrected chi connectivity index (χ3v) is 7.24. The number of hydrogen-bond acceptors (Lipinski definition) is 4. The summed E-state index contributed by atoms with van der Waals surface area (Å²) in [7, 11) is 1.57. The maximum Gasteiger partial charge on any atom is 0.258 e. The molecule has 0 aliphatic heterocycles. The van der Waals surface area contributed by atoms with Gasteiger partial charge in [-0.2, -0.15) is 0 Å². The molecule has 1 N–H and O–H groups in total. The van der Waals surface area contributed by atoms with Gasteiger partial charge in [0.15, 0.2) is 0 Å². The Morgan fingerprint density at radius 1 is 1.03 bits per heavy atom. The number of rotatable bonds is 6. The maximum absolute atomic E-state index is 13.6. The van der Waals surface area contributed by atoms with Gasteiger partial charge >= 0.3 is 0 Å². The molecule has 0 spiro atoms. The fourth-order valence-corrected chi connectivity index (χ4v) is 5.27. The average molecular weight is 490 g/mol. The van der Waals surface area contributed by atoms with Gasteiger partial charge in [0.1, 0.15) is 5.75 Å². The molecule has 0 saturated heterocycles. The molecule has 184 valence electrons. The summed E-state index contributed by atoms with van der Waals surface area (Å²) in [5.74, 6) is 0.393. The van der Waals surface area contributed by atoms with Crippen LogP contribution in [0.1, 0.15) is 39.6 Å². The first-order valence-electron chi connectivity index (χ1n) is 12.6. The van der Waals surface area contributed by atoms with E-state index in [2.05, 4.69) is 17.4 Å². The second-order valence-electron chi connectivity index (χ2n) is 9.46. The van der Waals surface area contributed by atoms with E-state index in [4.69, 9.17) is 9.72 Å². The zero-order chi connectivity index (χ0) is 25.4. The first-order chi connectivity index (χ1) is 18.1. The number of fused-ring (bicyclic) bond motifs is 3. The highest BCUT2D eigenvalue weighted by atomic mass is 16.5. The molecule has 6 nitrogen and oxygen atoms in total. The van der Waals surface area contributed by atoms with Crippen LogP contribution in [0.3, 0.4) is 0 Å². The molecule has 0 saturated carbocycles. The minimum Gasteiger partial charge on any atom is -0.497 e. The number of hydrogen-bond donors (Lipinski definition) is 1. The minimum atomic E-state index is -0.186. The maximum atomic E-state index is 13.6. The molecule has 6 rings (SSSR count). The number of aryl methyl sites for hydroxylation is 3. The van der Waals surface area contributed by atoms with E-state index < -0.39 is 0 Å². The smallest absolute Gasteiger partial charge is 0.258 e. The molecule has 1 atom stereocenters. The van der Waals surface area contributed by atoms with Crippen molar-refractivity contribution < 1.29 is 9.53 Å². The number of ether oxygens (including phenoxy) is 1. The Kier molecular flexibility index (Phi) is 5.93. The van der Waals surface area contributed by atoms with E-state index in [-0.39, 0.29) is 17.5 Å². The van der Waals surface area contributed by atoms with Crippen molar-refractivity contribution in [3.8, 4) is 5.75 Å². The highest BCUT2D eigenvalue weighted by Crippen LogP contribution is 2.31. The summed E-state index contributed by atoms with van der Waals surface area (Å²) in [6, 6.07) is 25.5. The van der Waals surface area contributed by atoms with Crippen molar-refractivity contribution in [1.82, 2.24) is 14.9 Å². The zero-order valence-corrected chi connectivity index (χ0v) is 20.6. The van der Waals surface area contributed by atoms with Crippen LogP contribution in [0, 0.1) is 0 Å². The Morgan fingerprint density at radius 3 is 2.76 bits per heavy atom. The molecule has 3 aromatic carbocycles. The molecule has 2 heterocycles. The number of carbonyl (C=O) groups excluding carboxylic acids is 1. The summed E-state index contributed by atoms with van der Waals surface area (Å²) in [6.07, 6.45) is 4.06. The van der Waals surface area contributed by atoms with Crippen molar-refractivity contribution in [3.05, 3.63) is 118 Å². The summed E-state index contributed by atoms with van der Waals surface area (Å²) in [6.45, 7) is 0.407. The van der Waals surface area contributed by atoms with Gasteiger partial charge in [-0.15, -0.1) is 0 Å². The van der Waals surface area contributed by atoms with Crippen molar-refractivity contribution in [3.63, 3.8) is 0 Å². The number of aromatic nitrogens is 2. The van der Waals surface area contributed by atoms with Crippen LogP contribution in [0.5, 0.6) is 5.75 Å². The third kappa shape index (κ3) is 4.35. The summed E-state index contributed by atoms with van der Waals surface area (Å²) < 4.78 is 7.00. The van der Waals surface area contributed by atoms with Crippen molar-refractivity contribution >= 4 is 27.6 Å². The predicted molar refractivity (Wildman–Crippen MR) is 145 cm³/mol. The van der Waals surface area contributed by atoms with E-state index in [1.165, 1.54) is 5.56 Å². The van der Waals surface area contributed by atoms with Gasteiger partial charge in [0.25, 0.3) is 11.5 Å². The molecule has 6 heteroatoms. The Balaban J connectivity index is 1.35. The summed E-state index contributed by atoms with van der Waals surface area (Å²) in [4.78, 5) is 31.8. The number of carbonyl (C=O) groups is 1. The van der Waals surface area contributed by atoms with Crippen LogP contribution < -0.4 is 15.6 Å². The van der Waals surface area contributed by atoms with E-state index in [0.29, 0.717) is 35.1 Å². The SMILES string of the molecule is COc1ccc2c(C(=O)NC3CCc4ccccc43)cn(CCc3ccc4ccccc4n3)c(=O)c2c1. The molecular formula is C31H27N3O3. The topological polar surface area (TPSA) is 73.2 Å². The molecule has 0 fully saturated rings. The Labute approximate surface area is 214 Å². The standard InChI is InChI=1S/C31H27N3O3/c1-37-23-13-14-25-26(18-23)31(36)34(17-16-22-12-10-21-7-3-5-9-28(21)32-22)19-27(25)30(35)33-29-15-11-20-6-2-4-8-24(20)29/h2-10,12-14,18-19,29H,11,15-17H2,1H3,(H,33,35).